The van der Waals surface area contributed by atoms with Gasteiger partial charge in [-0.1, -0.05) is 13.8 Å². The van der Waals surface area contributed by atoms with Crippen LogP contribution in [0.2, 0.25) is 0 Å². The third kappa shape index (κ3) is 3.42. The molecule has 0 aliphatic heterocycles. The molecule has 0 saturated heterocycles. The number of rotatable bonds is 4. The molecule has 1 amide bonds. The lowest BCUT2D eigenvalue weighted by atomic mass is 10.1. The summed E-state index contributed by atoms with van der Waals surface area (Å²) in [7, 11) is 1.61. The first kappa shape index (κ1) is 14.4. The molecule has 0 aliphatic carbocycles. The van der Waals surface area contributed by atoms with E-state index in [1.807, 2.05) is 13.8 Å². The minimum Gasteiger partial charge on any atom is -0.394 e. The van der Waals surface area contributed by atoms with E-state index in [9.17, 15) is 13.6 Å². The number of nitrogen functional groups attached to an aromatic ring is 1. The van der Waals surface area contributed by atoms with Crippen LogP contribution in [0.15, 0.2) is 12.1 Å². The highest BCUT2D eigenvalue weighted by molar-refractivity contribution is 5.94. The van der Waals surface area contributed by atoms with E-state index in [0.29, 0.717) is 12.5 Å². The average Bonchev–Trinajstić information content (AvgIpc) is 2.31. The van der Waals surface area contributed by atoms with Gasteiger partial charge in [0.1, 0.15) is 17.3 Å². The number of anilines is 1. The fraction of sp³-hybridized carbons (Fsp3) is 0.462. The van der Waals surface area contributed by atoms with Crippen molar-refractivity contribution in [3.8, 4) is 0 Å². The summed E-state index contributed by atoms with van der Waals surface area (Å²) in [6.45, 7) is 4.63. The van der Waals surface area contributed by atoms with Crippen molar-refractivity contribution < 1.29 is 13.6 Å². The van der Waals surface area contributed by atoms with Gasteiger partial charge in [0, 0.05) is 19.2 Å². The number of nitrogens with two attached hydrogens (primary N) is 1. The predicted molar refractivity (Wildman–Crippen MR) is 67.2 cm³/mol. The second-order valence-electron chi connectivity index (χ2n) is 4.76. The van der Waals surface area contributed by atoms with Crippen molar-refractivity contribution in [3.63, 3.8) is 0 Å². The third-order valence-corrected chi connectivity index (χ3v) is 2.71. The summed E-state index contributed by atoms with van der Waals surface area (Å²) in [5.41, 5.74) is 4.57. The van der Waals surface area contributed by atoms with Gasteiger partial charge in [-0.3, -0.25) is 4.79 Å². The first-order chi connectivity index (χ1) is 8.32. The molecule has 0 aliphatic rings. The summed E-state index contributed by atoms with van der Waals surface area (Å²) in [6, 6.07) is 1.93. The van der Waals surface area contributed by atoms with E-state index < -0.39 is 23.2 Å². The normalized spacial score (nSPS) is 10.8. The molecule has 3 nitrogen and oxygen atoms in total. The molecule has 0 saturated carbocycles. The smallest absolute Gasteiger partial charge is 0.253 e. The predicted octanol–water partition coefficient (Wildman–Crippen LogP) is 2.67. The highest BCUT2D eigenvalue weighted by Crippen LogP contribution is 2.18. The van der Waals surface area contributed by atoms with Gasteiger partial charge in [-0.05, 0) is 24.5 Å². The van der Waals surface area contributed by atoms with E-state index in [1.165, 1.54) is 4.90 Å². The van der Waals surface area contributed by atoms with Crippen LogP contribution in [0.4, 0.5) is 14.5 Å². The largest absolute Gasteiger partial charge is 0.394 e. The summed E-state index contributed by atoms with van der Waals surface area (Å²) in [4.78, 5) is 13.4. The van der Waals surface area contributed by atoms with Crippen LogP contribution in [0.5, 0.6) is 0 Å². The van der Waals surface area contributed by atoms with Crippen LogP contribution in [0.1, 0.15) is 30.6 Å². The third-order valence-electron chi connectivity index (χ3n) is 2.71. The summed E-state index contributed by atoms with van der Waals surface area (Å²) in [6.07, 6.45) is 0.835. The molecule has 1 aromatic rings. The quantitative estimate of drug-likeness (QED) is 0.842. The number of carbonyl (C=O) groups is 1. The fourth-order valence-corrected chi connectivity index (χ4v) is 1.48. The molecule has 100 valence electrons. The van der Waals surface area contributed by atoms with Gasteiger partial charge in [-0.2, -0.15) is 0 Å². The number of hydrogen-bond acceptors (Lipinski definition) is 2. The number of carbonyl (C=O) groups excluding carboxylic acids is 1. The molecule has 0 bridgehead atoms. The van der Waals surface area contributed by atoms with E-state index >= 15 is 0 Å². The number of nitrogens with zero attached hydrogens (tertiary/aromatic N) is 1. The van der Waals surface area contributed by atoms with Gasteiger partial charge >= 0.3 is 0 Å². The minimum absolute atomic E-state index is 0.0227. The SMILES string of the molecule is CC(C)CCN(C)C(=O)c1cc(F)c(N)c(F)c1. The Balaban J connectivity index is 2.84. The number of benzene rings is 1. The van der Waals surface area contributed by atoms with Crippen molar-refractivity contribution in [2.75, 3.05) is 19.3 Å². The molecule has 0 heterocycles. The minimum atomic E-state index is -0.907. The Labute approximate surface area is 106 Å². The average molecular weight is 256 g/mol. The van der Waals surface area contributed by atoms with Crippen molar-refractivity contribution in [1.29, 1.82) is 0 Å². The van der Waals surface area contributed by atoms with E-state index in [4.69, 9.17) is 5.73 Å². The van der Waals surface area contributed by atoms with E-state index in [-0.39, 0.29) is 5.56 Å². The monoisotopic (exact) mass is 256 g/mol. The van der Waals surface area contributed by atoms with E-state index in [0.717, 1.165) is 18.6 Å². The molecule has 0 spiro atoms. The highest BCUT2D eigenvalue weighted by atomic mass is 19.1. The van der Waals surface area contributed by atoms with Crippen molar-refractivity contribution in [2.24, 2.45) is 5.92 Å². The number of halogens is 2. The molecular weight excluding hydrogens is 238 g/mol. The zero-order valence-electron chi connectivity index (χ0n) is 10.8. The fourth-order valence-electron chi connectivity index (χ4n) is 1.48. The Morgan fingerprint density at radius 1 is 1.33 bits per heavy atom. The molecule has 2 N–H and O–H groups in total. The van der Waals surface area contributed by atoms with Crippen LogP contribution in [-0.2, 0) is 0 Å². The zero-order chi connectivity index (χ0) is 13.9. The van der Waals surface area contributed by atoms with Crippen molar-refractivity contribution in [2.45, 2.75) is 20.3 Å². The standard InChI is InChI=1S/C13H18F2N2O/c1-8(2)4-5-17(3)13(18)9-6-10(14)12(16)11(15)7-9/h6-8H,4-5,16H2,1-3H3. The lowest BCUT2D eigenvalue weighted by molar-refractivity contribution is 0.0788. The second-order valence-corrected chi connectivity index (χ2v) is 4.76. The van der Waals surface area contributed by atoms with Gasteiger partial charge in [0.15, 0.2) is 0 Å². The lowest BCUT2D eigenvalue weighted by Crippen LogP contribution is -2.28. The molecule has 1 rings (SSSR count). The van der Waals surface area contributed by atoms with Crippen LogP contribution in [0, 0.1) is 17.6 Å². The number of amides is 1. The molecule has 5 heteroatoms. The Kier molecular flexibility index (Phi) is 4.64. The Bertz CT molecular complexity index is 424. The van der Waals surface area contributed by atoms with Gasteiger partial charge in [-0.15, -0.1) is 0 Å². The topological polar surface area (TPSA) is 46.3 Å². The molecule has 18 heavy (non-hydrogen) atoms. The Hall–Kier alpha value is -1.65. The molecule has 0 aromatic heterocycles. The van der Waals surface area contributed by atoms with Crippen LogP contribution in [0.3, 0.4) is 0 Å². The molecule has 0 fully saturated rings. The van der Waals surface area contributed by atoms with Crippen molar-refractivity contribution in [3.05, 3.63) is 29.3 Å². The molecule has 1 aromatic carbocycles. The maximum absolute atomic E-state index is 13.2. The van der Waals surface area contributed by atoms with Gasteiger partial charge < -0.3 is 10.6 Å². The van der Waals surface area contributed by atoms with Crippen LogP contribution < -0.4 is 5.73 Å². The van der Waals surface area contributed by atoms with E-state index in [2.05, 4.69) is 0 Å². The first-order valence-corrected chi connectivity index (χ1v) is 5.83. The molecular formula is C13H18F2N2O. The molecule has 0 unspecified atom stereocenters. The van der Waals surface area contributed by atoms with Crippen molar-refractivity contribution >= 4 is 11.6 Å². The van der Waals surface area contributed by atoms with Gasteiger partial charge in [0.05, 0.1) is 0 Å². The summed E-state index contributed by atoms with van der Waals surface area (Å²) in [5.74, 6) is -1.76. The summed E-state index contributed by atoms with van der Waals surface area (Å²) >= 11 is 0. The Morgan fingerprint density at radius 2 is 1.83 bits per heavy atom. The van der Waals surface area contributed by atoms with E-state index in [1.54, 1.807) is 7.05 Å². The van der Waals surface area contributed by atoms with Gasteiger partial charge in [0.25, 0.3) is 5.91 Å². The summed E-state index contributed by atoms with van der Waals surface area (Å²) < 4.78 is 26.5. The van der Waals surface area contributed by atoms with Crippen LogP contribution >= 0.6 is 0 Å². The maximum Gasteiger partial charge on any atom is 0.253 e. The maximum atomic E-state index is 13.2. The van der Waals surface area contributed by atoms with Gasteiger partial charge in [-0.25, -0.2) is 8.78 Å². The second kappa shape index (κ2) is 5.80. The van der Waals surface area contributed by atoms with Gasteiger partial charge in [0.2, 0.25) is 0 Å². The molecule has 0 radical (unpaired) electrons. The lowest BCUT2D eigenvalue weighted by Gasteiger charge is -2.18. The van der Waals surface area contributed by atoms with Crippen LogP contribution in [0.25, 0.3) is 0 Å². The number of hydrogen-bond donors (Lipinski definition) is 1. The molecule has 0 atom stereocenters. The summed E-state index contributed by atoms with van der Waals surface area (Å²) in [5, 5.41) is 0. The Morgan fingerprint density at radius 3 is 2.28 bits per heavy atom. The first-order valence-electron chi connectivity index (χ1n) is 5.83. The highest BCUT2D eigenvalue weighted by Gasteiger charge is 2.16. The zero-order valence-corrected chi connectivity index (χ0v) is 10.8. The van der Waals surface area contributed by atoms with Crippen molar-refractivity contribution in [1.82, 2.24) is 4.90 Å². The van der Waals surface area contributed by atoms with Crippen LogP contribution in [-0.4, -0.2) is 24.4 Å².